The third-order valence-corrected chi connectivity index (χ3v) is 3.64. The Morgan fingerprint density at radius 3 is 2.86 bits per heavy atom. The molecule has 0 aromatic heterocycles. The van der Waals surface area contributed by atoms with Gasteiger partial charge in [-0.05, 0) is 25.7 Å². The van der Waals surface area contributed by atoms with E-state index in [1.807, 2.05) is 6.07 Å². The fraction of sp³-hybridized carbons (Fsp3) is 0.529. The summed E-state index contributed by atoms with van der Waals surface area (Å²) in [5.74, 6) is 0.877. The lowest BCUT2D eigenvalue weighted by Gasteiger charge is -2.16. The fourth-order valence-corrected chi connectivity index (χ4v) is 2.41. The lowest BCUT2D eigenvalue weighted by Crippen LogP contribution is -2.06. The molecule has 0 amide bonds. The van der Waals surface area contributed by atoms with E-state index in [4.69, 9.17) is 9.47 Å². The lowest BCUT2D eigenvalue weighted by molar-refractivity contribution is 0.124. The van der Waals surface area contributed by atoms with Gasteiger partial charge in [0.2, 0.25) is 0 Å². The van der Waals surface area contributed by atoms with Gasteiger partial charge in [-0.3, -0.25) is 0 Å². The smallest absolute Gasteiger partial charge is 0.126 e. The van der Waals surface area contributed by atoms with Crippen molar-refractivity contribution in [2.45, 2.75) is 38.7 Å². The minimum atomic E-state index is 0.222. The van der Waals surface area contributed by atoms with Gasteiger partial charge >= 0.3 is 0 Å². The van der Waals surface area contributed by atoms with Crippen molar-refractivity contribution >= 4 is 5.69 Å². The second-order valence-electron chi connectivity index (χ2n) is 5.26. The molecule has 0 saturated carbocycles. The van der Waals surface area contributed by atoms with Crippen molar-refractivity contribution < 1.29 is 14.6 Å². The van der Waals surface area contributed by atoms with E-state index in [0.29, 0.717) is 19.0 Å². The van der Waals surface area contributed by atoms with Crippen molar-refractivity contribution in [1.82, 2.24) is 0 Å². The molecule has 0 spiro atoms. The highest BCUT2D eigenvalue weighted by molar-refractivity contribution is 5.61. The highest BCUT2D eigenvalue weighted by Gasteiger charge is 2.11. The lowest BCUT2D eigenvalue weighted by atomic mass is 10.1. The van der Waals surface area contributed by atoms with Gasteiger partial charge in [0.1, 0.15) is 11.5 Å². The molecule has 116 valence electrons. The molecule has 0 radical (unpaired) electrons. The maximum Gasteiger partial charge on any atom is 0.126 e. The Morgan fingerprint density at radius 2 is 2.00 bits per heavy atom. The Hall–Kier alpha value is -1.68. The number of phenolic OH excluding ortho intramolecular Hbond substituents is 1. The van der Waals surface area contributed by atoms with Crippen LogP contribution in [0.25, 0.3) is 0 Å². The van der Waals surface area contributed by atoms with Crippen LogP contribution in [0, 0.1) is 0 Å². The molecule has 0 saturated heterocycles. The van der Waals surface area contributed by atoms with Gasteiger partial charge in [-0.25, -0.2) is 0 Å². The van der Waals surface area contributed by atoms with Crippen LogP contribution in [0.5, 0.6) is 11.5 Å². The van der Waals surface area contributed by atoms with Crippen LogP contribution in [0.1, 0.15) is 37.7 Å². The number of allylic oxidation sites excluding steroid dienone is 1. The molecule has 4 heteroatoms. The Balaban J connectivity index is 2.12. The first kappa shape index (κ1) is 15.7. The zero-order valence-electron chi connectivity index (χ0n) is 12.7. The molecular formula is C17H25NO3. The minimum absolute atomic E-state index is 0.222. The van der Waals surface area contributed by atoms with E-state index in [0.717, 1.165) is 37.1 Å². The van der Waals surface area contributed by atoms with Crippen molar-refractivity contribution in [3.05, 3.63) is 29.8 Å². The topological polar surface area (TPSA) is 50.7 Å². The van der Waals surface area contributed by atoms with Gasteiger partial charge < -0.3 is 19.9 Å². The molecule has 2 rings (SSSR count). The number of benzene rings is 1. The molecule has 4 nitrogen and oxygen atoms in total. The molecule has 1 aliphatic rings. The van der Waals surface area contributed by atoms with E-state index in [-0.39, 0.29) is 5.75 Å². The summed E-state index contributed by atoms with van der Waals surface area (Å²) < 4.78 is 10.9. The summed E-state index contributed by atoms with van der Waals surface area (Å²) in [6.45, 7) is 1.97. The normalized spacial score (nSPS) is 17.4. The number of ether oxygens (including phenoxy) is 2. The highest BCUT2D eigenvalue weighted by atomic mass is 16.5. The van der Waals surface area contributed by atoms with Crippen molar-refractivity contribution in [2.75, 3.05) is 25.6 Å². The highest BCUT2D eigenvalue weighted by Crippen LogP contribution is 2.32. The number of methoxy groups -OCH3 is 1. The monoisotopic (exact) mass is 291 g/mol. The van der Waals surface area contributed by atoms with E-state index in [1.54, 1.807) is 13.2 Å². The number of aromatic hydroxyl groups is 1. The molecular weight excluding hydrogens is 266 g/mol. The van der Waals surface area contributed by atoms with Gasteiger partial charge in [-0.2, -0.15) is 0 Å². The predicted molar refractivity (Wildman–Crippen MR) is 85.0 cm³/mol. The van der Waals surface area contributed by atoms with Crippen LogP contribution in [0.2, 0.25) is 0 Å². The number of nitrogens with one attached hydrogen (secondary N) is 1. The Bertz CT molecular complexity index is 471. The van der Waals surface area contributed by atoms with Crippen LogP contribution in [0.15, 0.2) is 24.3 Å². The Labute approximate surface area is 126 Å². The van der Waals surface area contributed by atoms with E-state index in [2.05, 4.69) is 17.5 Å². The number of hydrogen-bond donors (Lipinski definition) is 2. The van der Waals surface area contributed by atoms with Gasteiger partial charge in [0, 0.05) is 29.9 Å². The summed E-state index contributed by atoms with van der Waals surface area (Å²) in [7, 11) is 1.60. The average Bonchev–Trinajstić information content (AvgIpc) is 2.49. The van der Waals surface area contributed by atoms with Gasteiger partial charge in [0.05, 0.1) is 20.3 Å². The fourth-order valence-electron chi connectivity index (χ4n) is 2.41. The summed E-state index contributed by atoms with van der Waals surface area (Å²) >= 11 is 0. The maximum atomic E-state index is 10.2. The van der Waals surface area contributed by atoms with Crippen molar-refractivity contribution in [3.8, 4) is 11.5 Å². The molecule has 0 aliphatic carbocycles. The summed E-state index contributed by atoms with van der Waals surface area (Å²) in [5, 5.41) is 13.6. The van der Waals surface area contributed by atoms with E-state index >= 15 is 0 Å². The summed E-state index contributed by atoms with van der Waals surface area (Å²) in [4.78, 5) is 0. The van der Waals surface area contributed by atoms with Gasteiger partial charge in [-0.15, -0.1) is 0 Å². The summed E-state index contributed by atoms with van der Waals surface area (Å²) in [5.41, 5.74) is 1.70. The van der Waals surface area contributed by atoms with Crippen molar-refractivity contribution in [2.24, 2.45) is 0 Å². The minimum Gasteiger partial charge on any atom is -0.507 e. The maximum absolute atomic E-state index is 10.2. The third kappa shape index (κ3) is 4.97. The van der Waals surface area contributed by atoms with Crippen LogP contribution in [-0.4, -0.2) is 25.4 Å². The summed E-state index contributed by atoms with van der Waals surface area (Å²) in [6.07, 6.45) is 10.0. The van der Waals surface area contributed by atoms with E-state index in [9.17, 15) is 5.11 Å². The SMILES string of the molecule is COc1cc(O)c2c(c1)NCCCCCC=CCCOC2. The number of fused-ring (bicyclic) bond motifs is 1. The molecule has 1 aromatic carbocycles. The number of anilines is 1. The van der Waals surface area contributed by atoms with Crippen molar-refractivity contribution in [1.29, 1.82) is 0 Å². The molecule has 21 heavy (non-hydrogen) atoms. The van der Waals surface area contributed by atoms with Crippen molar-refractivity contribution in [3.63, 3.8) is 0 Å². The zero-order valence-corrected chi connectivity index (χ0v) is 12.7. The zero-order chi connectivity index (χ0) is 14.9. The standard InChI is InChI=1S/C17H25NO3/c1-20-14-11-16-15(17(19)12-14)13-21-10-8-6-4-2-3-5-7-9-18-16/h4,6,11-12,18-19H,2-3,5,7-10,13H2,1H3. The van der Waals surface area contributed by atoms with Crippen LogP contribution in [0.4, 0.5) is 5.69 Å². The largest absolute Gasteiger partial charge is 0.507 e. The average molecular weight is 291 g/mol. The second-order valence-corrected chi connectivity index (χ2v) is 5.26. The summed E-state index contributed by atoms with van der Waals surface area (Å²) in [6, 6.07) is 3.55. The van der Waals surface area contributed by atoms with Gasteiger partial charge in [0.15, 0.2) is 0 Å². The van der Waals surface area contributed by atoms with Gasteiger partial charge in [-0.1, -0.05) is 18.6 Å². The number of phenols is 1. The molecule has 0 bridgehead atoms. The number of hydrogen-bond acceptors (Lipinski definition) is 4. The first-order chi connectivity index (χ1) is 10.3. The quantitative estimate of drug-likeness (QED) is 0.772. The van der Waals surface area contributed by atoms with Crippen LogP contribution >= 0.6 is 0 Å². The Morgan fingerprint density at radius 1 is 1.14 bits per heavy atom. The Kier molecular flexibility index (Phi) is 6.41. The first-order valence-electron chi connectivity index (χ1n) is 7.67. The molecule has 2 N–H and O–H groups in total. The molecule has 1 aromatic rings. The van der Waals surface area contributed by atoms with E-state index < -0.39 is 0 Å². The number of rotatable bonds is 1. The third-order valence-electron chi connectivity index (χ3n) is 3.64. The van der Waals surface area contributed by atoms with Gasteiger partial charge in [0.25, 0.3) is 0 Å². The van der Waals surface area contributed by atoms with Crippen LogP contribution in [0.3, 0.4) is 0 Å². The first-order valence-corrected chi connectivity index (χ1v) is 7.67. The predicted octanol–water partition coefficient (Wildman–Crippen LogP) is 3.85. The molecule has 1 aliphatic heterocycles. The molecule has 0 unspecified atom stereocenters. The molecule has 1 heterocycles. The molecule has 0 atom stereocenters. The van der Waals surface area contributed by atoms with E-state index in [1.165, 1.54) is 12.8 Å². The molecule has 0 fully saturated rings. The van der Waals surface area contributed by atoms with Crippen LogP contribution in [-0.2, 0) is 11.3 Å². The van der Waals surface area contributed by atoms with Crippen LogP contribution < -0.4 is 10.1 Å². The second kappa shape index (κ2) is 8.57.